The van der Waals surface area contributed by atoms with Crippen molar-refractivity contribution in [2.45, 2.75) is 89.9 Å². The Morgan fingerprint density at radius 1 is 0.351 bits per heavy atom. The van der Waals surface area contributed by atoms with Gasteiger partial charge < -0.3 is 0 Å². The Balaban J connectivity index is 1.01. The molecule has 3 heteroatoms. The molecule has 0 saturated heterocycles. The van der Waals surface area contributed by atoms with E-state index < -0.39 is 0 Å². The topological polar surface area (TPSA) is 0 Å². The van der Waals surface area contributed by atoms with E-state index >= 15 is 0 Å². The lowest BCUT2D eigenvalue weighted by Gasteiger charge is -2.49. The van der Waals surface area contributed by atoms with Crippen molar-refractivity contribution in [2.75, 3.05) is 0 Å². The average molecular weight is 749 g/mol. The third-order valence-corrected chi connectivity index (χ3v) is 17.4. The number of hydrogen-bond donors (Lipinski definition) is 0. The van der Waals surface area contributed by atoms with Crippen LogP contribution in [0.5, 0.6) is 0 Å². The molecule has 57 heavy (non-hydrogen) atoms. The Labute approximate surface area is 342 Å². The smallest absolute Gasteiger partial charge is 0.135 e. The second-order valence-electron chi connectivity index (χ2n) is 20.4. The maximum Gasteiger partial charge on any atom is 0.243 e. The van der Waals surface area contributed by atoms with E-state index in [1.54, 1.807) is 32.8 Å². The molecule has 6 aliphatic heterocycles. The summed E-state index contributed by atoms with van der Waals surface area (Å²) < 4.78 is 0. The van der Waals surface area contributed by atoms with Crippen LogP contribution in [0.4, 0.5) is 0 Å². The lowest BCUT2D eigenvalue weighted by molar-refractivity contribution is 0.620. The number of thiophene rings is 1. The van der Waals surface area contributed by atoms with E-state index in [-0.39, 0.29) is 21.7 Å². The summed E-state index contributed by atoms with van der Waals surface area (Å²) >= 11 is 1.98. The van der Waals surface area contributed by atoms with Gasteiger partial charge in [-0.3, -0.25) is 0 Å². The molecule has 0 unspecified atom stereocenters. The lowest BCUT2D eigenvalue weighted by Crippen LogP contribution is -2.69. The second-order valence-corrected chi connectivity index (χ2v) is 21.5. The first-order valence-electron chi connectivity index (χ1n) is 21.3. The van der Waals surface area contributed by atoms with Crippen molar-refractivity contribution in [2.24, 2.45) is 0 Å². The van der Waals surface area contributed by atoms with Gasteiger partial charge in [-0.1, -0.05) is 161 Å². The van der Waals surface area contributed by atoms with E-state index in [1.165, 1.54) is 87.6 Å². The minimum absolute atomic E-state index is 0.0916. The van der Waals surface area contributed by atoms with Gasteiger partial charge in [-0.05, 0) is 127 Å². The summed E-state index contributed by atoms with van der Waals surface area (Å²) in [5.74, 6) is 0. The number of benzene rings is 6. The van der Waals surface area contributed by atoms with Gasteiger partial charge in [0.15, 0.2) is 0 Å². The van der Waals surface area contributed by atoms with Gasteiger partial charge in [-0.15, -0.1) is 11.3 Å². The van der Waals surface area contributed by atoms with E-state index in [4.69, 9.17) is 0 Å². The van der Waals surface area contributed by atoms with Crippen LogP contribution in [0.25, 0.3) is 20.9 Å². The molecule has 0 aliphatic carbocycles. The van der Waals surface area contributed by atoms with Gasteiger partial charge in [0.25, 0.3) is 0 Å². The zero-order valence-corrected chi connectivity index (χ0v) is 35.2. The summed E-state index contributed by atoms with van der Waals surface area (Å²) in [7, 11) is 0. The highest BCUT2D eigenvalue weighted by atomic mass is 32.1. The molecular weight excluding hydrogens is 702 g/mol. The van der Waals surface area contributed by atoms with E-state index in [0.29, 0.717) is 13.4 Å². The molecular formula is C54H46B2S. The largest absolute Gasteiger partial charge is 0.243 e. The lowest BCUT2D eigenvalue weighted by atomic mass is 9.25. The van der Waals surface area contributed by atoms with Crippen LogP contribution in [0.1, 0.15) is 122 Å². The molecule has 0 amide bonds. The van der Waals surface area contributed by atoms with E-state index in [0.717, 1.165) is 12.8 Å². The van der Waals surface area contributed by atoms with Gasteiger partial charge >= 0.3 is 0 Å². The second kappa shape index (κ2) is 10.2. The molecule has 0 nitrogen and oxygen atoms in total. The summed E-state index contributed by atoms with van der Waals surface area (Å²) in [6, 6.07) is 43.8. The minimum atomic E-state index is -0.0916. The van der Waals surface area contributed by atoms with Crippen molar-refractivity contribution < 1.29 is 0 Å². The van der Waals surface area contributed by atoms with Crippen LogP contribution in [0.3, 0.4) is 0 Å². The van der Waals surface area contributed by atoms with E-state index in [2.05, 4.69) is 165 Å². The summed E-state index contributed by atoms with van der Waals surface area (Å²) in [4.78, 5) is 2.72. The molecule has 0 radical (unpaired) electrons. The molecule has 7 heterocycles. The molecule has 0 saturated carbocycles. The molecule has 0 fully saturated rings. The molecule has 0 N–H and O–H groups in total. The third-order valence-electron chi connectivity index (χ3n) is 16.2. The van der Waals surface area contributed by atoms with Crippen molar-refractivity contribution in [1.82, 2.24) is 0 Å². The predicted molar refractivity (Wildman–Crippen MR) is 244 cm³/mol. The van der Waals surface area contributed by atoms with Crippen molar-refractivity contribution in [1.29, 1.82) is 0 Å². The molecule has 13 rings (SSSR count). The Bertz CT molecular complexity index is 2660. The Kier molecular flexibility index (Phi) is 5.95. The maximum atomic E-state index is 2.59. The first-order valence-corrected chi connectivity index (χ1v) is 22.1. The van der Waals surface area contributed by atoms with E-state index in [1.807, 2.05) is 11.3 Å². The van der Waals surface area contributed by atoms with Crippen LogP contribution in [0.2, 0.25) is 0 Å². The third kappa shape index (κ3) is 3.81. The highest BCUT2D eigenvalue weighted by molar-refractivity contribution is 7.18. The zero-order valence-electron chi connectivity index (χ0n) is 34.4. The van der Waals surface area contributed by atoms with Crippen LogP contribution in [0, 0.1) is 0 Å². The van der Waals surface area contributed by atoms with Crippen LogP contribution >= 0.6 is 11.3 Å². The van der Waals surface area contributed by atoms with Crippen molar-refractivity contribution >= 4 is 57.5 Å². The standard InChI is InChI=1S/C54H46B2S/c1-51(2)35-17-9-13-29-23-30-14-10-18-36-46(30)55(45(29)35)49-39(51)25-33(26-40(49)52(36,3)4)43-21-22-44(57-43)34-27-41-50-42(28-34)54(7,8)38-20-12-16-32-24-31-15-11-19-37(53(41,5)6)47(31)56(50)48(32)38/h9-22,25-28H,23-24H2,1-8H3. The molecule has 274 valence electrons. The van der Waals surface area contributed by atoms with Gasteiger partial charge in [0.1, 0.15) is 0 Å². The molecule has 6 aliphatic rings. The highest BCUT2D eigenvalue weighted by Gasteiger charge is 2.53. The van der Waals surface area contributed by atoms with Gasteiger partial charge in [-0.2, -0.15) is 0 Å². The van der Waals surface area contributed by atoms with Crippen molar-refractivity contribution in [3.05, 3.63) is 176 Å². The molecule has 0 spiro atoms. The summed E-state index contributed by atoms with van der Waals surface area (Å²) in [6.45, 7) is 20.5. The summed E-state index contributed by atoms with van der Waals surface area (Å²) in [5, 5.41) is 0. The van der Waals surface area contributed by atoms with Crippen molar-refractivity contribution in [3.8, 4) is 20.9 Å². The fourth-order valence-electron chi connectivity index (χ4n) is 13.4. The summed E-state index contributed by atoms with van der Waals surface area (Å²) in [5.41, 5.74) is 30.1. The fraction of sp³-hybridized carbons (Fsp3) is 0.259. The van der Waals surface area contributed by atoms with Gasteiger partial charge in [0, 0.05) is 31.4 Å². The first-order chi connectivity index (χ1) is 27.3. The Morgan fingerprint density at radius 3 is 0.912 bits per heavy atom. The van der Waals surface area contributed by atoms with E-state index in [9.17, 15) is 0 Å². The molecule has 6 aromatic carbocycles. The molecule has 1 aromatic heterocycles. The monoisotopic (exact) mass is 748 g/mol. The van der Waals surface area contributed by atoms with Gasteiger partial charge in [0.2, 0.25) is 13.4 Å². The number of hydrogen-bond acceptors (Lipinski definition) is 1. The fourth-order valence-corrected chi connectivity index (χ4v) is 14.4. The molecule has 0 atom stereocenters. The first kappa shape index (κ1) is 33.2. The minimum Gasteiger partial charge on any atom is -0.135 e. The maximum absolute atomic E-state index is 2.59. The summed E-state index contributed by atoms with van der Waals surface area (Å²) in [6.07, 6.45) is 2.08. The Morgan fingerprint density at radius 2 is 0.632 bits per heavy atom. The van der Waals surface area contributed by atoms with Crippen LogP contribution in [0.15, 0.2) is 109 Å². The van der Waals surface area contributed by atoms with Gasteiger partial charge in [-0.25, -0.2) is 0 Å². The normalized spacial score (nSPS) is 18.9. The SMILES string of the molecule is CC1(C)c2cccc3c2B2c4c(cccc4C(C)(C)c4cc(-c5ccc(-c6cc7c8c(c6)C(C)(C)c6cccc9c6B8c6c(cccc6C7(C)C)C9)s5)cc1c42)C3. The van der Waals surface area contributed by atoms with Crippen molar-refractivity contribution in [3.63, 3.8) is 0 Å². The zero-order chi connectivity index (χ0) is 38.7. The van der Waals surface area contributed by atoms with Gasteiger partial charge in [0.05, 0.1) is 0 Å². The average Bonchev–Trinajstić information content (AvgIpc) is 3.69. The van der Waals surface area contributed by atoms with Crippen LogP contribution < -0.4 is 32.8 Å². The predicted octanol–water partition coefficient (Wildman–Crippen LogP) is 8.48. The van der Waals surface area contributed by atoms with Crippen LogP contribution in [-0.4, -0.2) is 13.4 Å². The Hall–Kier alpha value is -4.85. The molecule has 7 aromatic rings. The number of rotatable bonds is 2. The highest BCUT2D eigenvalue weighted by Crippen LogP contribution is 2.48. The quantitative estimate of drug-likeness (QED) is 0.156. The molecule has 0 bridgehead atoms. The van der Waals surface area contributed by atoms with Crippen LogP contribution in [-0.2, 0) is 34.5 Å².